The zero-order valence-electron chi connectivity index (χ0n) is 9.36. The highest BCUT2D eigenvalue weighted by atomic mass is 79.9. The van der Waals surface area contributed by atoms with Gasteiger partial charge in [0.2, 0.25) is 0 Å². The molecule has 1 atom stereocenters. The first-order valence-corrected chi connectivity index (χ1v) is 6.22. The van der Waals surface area contributed by atoms with E-state index in [1.807, 2.05) is 30.3 Å². The van der Waals surface area contributed by atoms with Crippen molar-refractivity contribution < 1.29 is 4.92 Å². The number of hydrogen-bond acceptors (Lipinski definition) is 4. The lowest BCUT2D eigenvalue weighted by molar-refractivity contribution is -0.385. The number of alkyl halides is 1. The van der Waals surface area contributed by atoms with Crippen LogP contribution >= 0.6 is 15.9 Å². The third kappa shape index (κ3) is 3.10. The van der Waals surface area contributed by atoms with Crippen molar-refractivity contribution in [1.82, 2.24) is 9.97 Å². The maximum absolute atomic E-state index is 10.5. The van der Waals surface area contributed by atoms with Crippen molar-refractivity contribution in [1.29, 1.82) is 0 Å². The molecule has 1 aromatic carbocycles. The normalized spacial score (nSPS) is 12.1. The lowest BCUT2D eigenvalue weighted by Gasteiger charge is -2.08. The molecule has 0 spiro atoms. The van der Waals surface area contributed by atoms with Crippen LogP contribution < -0.4 is 0 Å². The van der Waals surface area contributed by atoms with Crippen LogP contribution in [-0.4, -0.2) is 14.9 Å². The Bertz CT molecular complexity index is 531. The number of hydrogen-bond donors (Lipinski definition) is 0. The number of rotatable bonds is 4. The SMILES string of the molecule is O=[N+]([O-])c1cnc(CC(Br)c2ccccc2)nc1. The molecule has 0 radical (unpaired) electrons. The average molecular weight is 308 g/mol. The van der Waals surface area contributed by atoms with E-state index >= 15 is 0 Å². The summed E-state index contributed by atoms with van der Waals surface area (Å²) in [6, 6.07) is 9.88. The molecule has 18 heavy (non-hydrogen) atoms. The van der Waals surface area contributed by atoms with Gasteiger partial charge in [-0.15, -0.1) is 0 Å². The number of benzene rings is 1. The first-order chi connectivity index (χ1) is 8.66. The first-order valence-electron chi connectivity index (χ1n) is 5.31. The van der Waals surface area contributed by atoms with Gasteiger partial charge in [-0.25, -0.2) is 9.97 Å². The van der Waals surface area contributed by atoms with E-state index in [-0.39, 0.29) is 10.5 Å². The lowest BCUT2D eigenvalue weighted by atomic mass is 10.1. The second-order valence-corrected chi connectivity index (χ2v) is 4.80. The van der Waals surface area contributed by atoms with E-state index < -0.39 is 4.92 Å². The van der Waals surface area contributed by atoms with Crippen molar-refractivity contribution in [3.63, 3.8) is 0 Å². The van der Waals surface area contributed by atoms with E-state index in [1.54, 1.807) is 0 Å². The maximum Gasteiger partial charge on any atom is 0.305 e. The molecule has 1 aromatic heterocycles. The quantitative estimate of drug-likeness (QED) is 0.494. The van der Waals surface area contributed by atoms with Gasteiger partial charge in [-0.3, -0.25) is 10.1 Å². The molecule has 2 aromatic rings. The van der Waals surface area contributed by atoms with Gasteiger partial charge in [0.05, 0.1) is 4.92 Å². The average Bonchev–Trinajstić information content (AvgIpc) is 2.40. The lowest BCUT2D eigenvalue weighted by Crippen LogP contribution is -2.01. The van der Waals surface area contributed by atoms with E-state index in [2.05, 4.69) is 25.9 Å². The van der Waals surface area contributed by atoms with Gasteiger partial charge in [-0.05, 0) is 5.56 Å². The minimum atomic E-state index is -0.507. The van der Waals surface area contributed by atoms with Crippen LogP contribution in [0.2, 0.25) is 0 Å². The largest absolute Gasteiger partial charge is 0.305 e. The van der Waals surface area contributed by atoms with E-state index in [0.717, 1.165) is 5.56 Å². The molecule has 0 aliphatic heterocycles. The molecule has 0 fully saturated rings. The van der Waals surface area contributed by atoms with Crippen LogP contribution in [0.25, 0.3) is 0 Å². The predicted octanol–water partition coefficient (Wildman–Crippen LogP) is 3.06. The van der Waals surface area contributed by atoms with E-state index in [0.29, 0.717) is 12.2 Å². The molecule has 92 valence electrons. The molecule has 1 heterocycles. The Kier molecular flexibility index (Phi) is 3.99. The number of nitrogens with zero attached hydrogens (tertiary/aromatic N) is 3. The summed E-state index contributed by atoms with van der Waals surface area (Å²) in [4.78, 5) is 18.0. The van der Waals surface area contributed by atoms with Gasteiger partial charge in [-0.1, -0.05) is 46.3 Å². The summed E-state index contributed by atoms with van der Waals surface area (Å²) in [6.07, 6.45) is 3.04. The van der Waals surface area contributed by atoms with E-state index in [4.69, 9.17) is 0 Å². The minimum absolute atomic E-state index is 0.0930. The van der Waals surface area contributed by atoms with Gasteiger partial charge in [0.15, 0.2) is 0 Å². The third-order valence-electron chi connectivity index (χ3n) is 2.43. The molecule has 5 nitrogen and oxygen atoms in total. The fraction of sp³-hybridized carbons (Fsp3) is 0.167. The monoisotopic (exact) mass is 307 g/mol. The summed E-state index contributed by atoms with van der Waals surface area (Å²) < 4.78 is 0. The second kappa shape index (κ2) is 5.68. The topological polar surface area (TPSA) is 68.9 Å². The molecular weight excluding hydrogens is 298 g/mol. The summed E-state index contributed by atoms with van der Waals surface area (Å²) in [6.45, 7) is 0. The minimum Gasteiger partial charge on any atom is -0.258 e. The summed E-state index contributed by atoms with van der Waals surface area (Å²) >= 11 is 3.56. The highest BCUT2D eigenvalue weighted by Crippen LogP contribution is 2.25. The molecule has 0 bridgehead atoms. The Labute approximate surface area is 112 Å². The Morgan fingerprint density at radius 2 is 1.83 bits per heavy atom. The van der Waals surface area contributed by atoms with Crippen LogP contribution in [0.15, 0.2) is 42.7 Å². The van der Waals surface area contributed by atoms with Gasteiger partial charge in [0, 0.05) is 11.2 Å². The zero-order chi connectivity index (χ0) is 13.0. The highest BCUT2D eigenvalue weighted by Gasteiger charge is 2.12. The summed E-state index contributed by atoms with van der Waals surface area (Å²) in [5, 5.41) is 10.5. The molecule has 0 aliphatic rings. The van der Waals surface area contributed by atoms with Crippen LogP contribution in [0.3, 0.4) is 0 Å². The van der Waals surface area contributed by atoms with E-state index in [9.17, 15) is 10.1 Å². The highest BCUT2D eigenvalue weighted by molar-refractivity contribution is 9.09. The Hall–Kier alpha value is -1.82. The molecule has 0 saturated heterocycles. The van der Waals surface area contributed by atoms with Crippen molar-refractivity contribution in [2.45, 2.75) is 11.2 Å². The van der Waals surface area contributed by atoms with Crippen molar-refractivity contribution in [2.24, 2.45) is 0 Å². The maximum atomic E-state index is 10.5. The smallest absolute Gasteiger partial charge is 0.258 e. The molecule has 0 aliphatic carbocycles. The van der Waals surface area contributed by atoms with Crippen molar-refractivity contribution in [3.05, 3.63) is 64.2 Å². The van der Waals surface area contributed by atoms with Gasteiger partial charge < -0.3 is 0 Å². The molecular formula is C12H10BrN3O2. The molecule has 2 rings (SSSR count). The fourth-order valence-electron chi connectivity index (χ4n) is 1.49. The van der Waals surface area contributed by atoms with Gasteiger partial charge >= 0.3 is 5.69 Å². The predicted molar refractivity (Wildman–Crippen MR) is 70.5 cm³/mol. The second-order valence-electron chi connectivity index (χ2n) is 3.70. The fourth-order valence-corrected chi connectivity index (χ4v) is 2.08. The Morgan fingerprint density at radius 1 is 1.22 bits per heavy atom. The van der Waals surface area contributed by atoms with Gasteiger partial charge in [0.1, 0.15) is 18.2 Å². The Morgan fingerprint density at radius 3 is 2.39 bits per heavy atom. The number of aromatic nitrogens is 2. The summed E-state index contributed by atoms with van der Waals surface area (Å²) in [5.41, 5.74) is 1.03. The molecule has 6 heteroatoms. The molecule has 0 amide bonds. The summed E-state index contributed by atoms with van der Waals surface area (Å²) in [7, 11) is 0. The Balaban J connectivity index is 2.08. The summed E-state index contributed by atoms with van der Waals surface area (Å²) in [5.74, 6) is 0.575. The third-order valence-corrected chi connectivity index (χ3v) is 3.28. The van der Waals surface area contributed by atoms with E-state index in [1.165, 1.54) is 12.4 Å². The number of halogens is 1. The van der Waals surface area contributed by atoms with Crippen LogP contribution in [0.4, 0.5) is 5.69 Å². The van der Waals surface area contributed by atoms with Gasteiger partial charge in [-0.2, -0.15) is 0 Å². The standard InChI is InChI=1S/C12H10BrN3O2/c13-11(9-4-2-1-3-5-9)6-12-14-7-10(8-15-12)16(17)18/h1-5,7-8,11H,6H2. The van der Waals surface area contributed by atoms with Crippen molar-refractivity contribution in [2.75, 3.05) is 0 Å². The van der Waals surface area contributed by atoms with Crippen molar-refractivity contribution >= 4 is 21.6 Å². The van der Waals surface area contributed by atoms with Crippen LogP contribution in [0.1, 0.15) is 16.2 Å². The van der Waals surface area contributed by atoms with Gasteiger partial charge in [0.25, 0.3) is 0 Å². The first kappa shape index (κ1) is 12.6. The van der Waals surface area contributed by atoms with Crippen LogP contribution in [-0.2, 0) is 6.42 Å². The molecule has 0 saturated carbocycles. The van der Waals surface area contributed by atoms with Crippen LogP contribution in [0.5, 0.6) is 0 Å². The van der Waals surface area contributed by atoms with Crippen molar-refractivity contribution in [3.8, 4) is 0 Å². The zero-order valence-corrected chi connectivity index (χ0v) is 10.9. The molecule has 0 N–H and O–H groups in total. The molecule has 1 unspecified atom stereocenters. The van der Waals surface area contributed by atoms with Crippen LogP contribution in [0, 0.1) is 10.1 Å². The number of nitro groups is 1.